The van der Waals surface area contributed by atoms with Crippen molar-refractivity contribution in [2.45, 2.75) is 31.2 Å². The Morgan fingerprint density at radius 2 is 1.93 bits per heavy atom. The van der Waals surface area contributed by atoms with Crippen LogP contribution in [-0.2, 0) is 26.0 Å². The van der Waals surface area contributed by atoms with E-state index in [-0.39, 0.29) is 16.8 Å². The molecule has 0 fully saturated rings. The van der Waals surface area contributed by atoms with Gasteiger partial charge in [-0.05, 0) is 55.7 Å². The predicted octanol–water partition coefficient (Wildman–Crippen LogP) is 1.78. The third-order valence-corrected chi connectivity index (χ3v) is 5.47. The molecule has 0 spiro atoms. The third kappa shape index (κ3) is 3.86. The summed E-state index contributed by atoms with van der Waals surface area (Å²) in [5, 5.41) is 5.16. The molecule has 0 aromatic heterocycles. The van der Waals surface area contributed by atoms with Crippen LogP contribution in [0.1, 0.15) is 28.4 Å². The molecular weight excluding hydrogens is 368 g/mol. The van der Waals surface area contributed by atoms with Crippen LogP contribution >= 0.6 is 0 Å². The van der Waals surface area contributed by atoms with Gasteiger partial charge in [-0.2, -0.15) is 0 Å². The van der Waals surface area contributed by atoms with Gasteiger partial charge in [-0.1, -0.05) is 18.2 Å². The SMILES string of the molecule is Cc1ccccc1C(=O)OCC(=O)N1c2ccc(S(N)(=O)=O)cc2CC1C. The molecule has 0 radical (unpaired) electrons. The summed E-state index contributed by atoms with van der Waals surface area (Å²) in [4.78, 5) is 26.3. The monoisotopic (exact) mass is 388 g/mol. The maximum absolute atomic E-state index is 12.6. The van der Waals surface area contributed by atoms with Gasteiger partial charge in [0.1, 0.15) is 0 Å². The standard InChI is InChI=1S/C19H20N2O5S/c1-12-5-3-4-6-16(12)19(23)26-11-18(22)21-13(2)9-14-10-15(27(20,24)25)7-8-17(14)21/h3-8,10,13H,9,11H2,1-2H3,(H2,20,24,25). The predicted molar refractivity (Wildman–Crippen MR) is 99.9 cm³/mol. The molecule has 0 saturated heterocycles. The Labute approximate surface area is 157 Å². The zero-order valence-corrected chi connectivity index (χ0v) is 15.8. The van der Waals surface area contributed by atoms with Crippen LogP contribution in [-0.4, -0.2) is 32.9 Å². The van der Waals surface area contributed by atoms with E-state index >= 15 is 0 Å². The maximum atomic E-state index is 12.6. The van der Waals surface area contributed by atoms with Crippen LogP contribution in [0.4, 0.5) is 5.69 Å². The van der Waals surface area contributed by atoms with Gasteiger partial charge in [-0.25, -0.2) is 18.4 Å². The van der Waals surface area contributed by atoms with Crippen LogP contribution < -0.4 is 10.0 Å². The lowest BCUT2D eigenvalue weighted by atomic mass is 10.1. The molecule has 2 aromatic rings. The minimum absolute atomic E-state index is 0.00808. The lowest BCUT2D eigenvalue weighted by Gasteiger charge is -2.22. The summed E-state index contributed by atoms with van der Waals surface area (Å²) in [5.74, 6) is -0.926. The number of anilines is 1. The molecule has 0 bridgehead atoms. The molecule has 3 rings (SSSR count). The summed E-state index contributed by atoms with van der Waals surface area (Å²) in [7, 11) is -3.81. The Hall–Kier alpha value is -2.71. The van der Waals surface area contributed by atoms with Gasteiger partial charge in [0.2, 0.25) is 10.0 Å². The summed E-state index contributed by atoms with van der Waals surface area (Å²) in [5.41, 5.74) is 2.50. The van der Waals surface area contributed by atoms with Crippen LogP contribution in [0, 0.1) is 6.92 Å². The fourth-order valence-electron chi connectivity index (χ4n) is 3.24. The number of hydrogen-bond acceptors (Lipinski definition) is 5. The van der Waals surface area contributed by atoms with Crippen molar-refractivity contribution in [3.8, 4) is 0 Å². The van der Waals surface area contributed by atoms with E-state index in [2.05, 4.69) is 0 Å². The lowest BCUT2D eigenvalue weighted by molar-refractivity contribution is -0.122. The smallest absolute Gasteiger partial charge is 0.338 e. The molecule has 0 aliphatic carbocycles. The highest BCUT2D eigenvalue weighted by atomic mass is 32.2. The topological polar surface area (TPSA) is 107 Å². The fourth-order valence-corrected chi connectivity index (χ4v) is 3.81. The Bertz CT molecular complexity index is 1020. The molecule has 1 atom stereocenters. The maximum Gasteiger partial charge on any atom is 0.338 e. The molecule has 1 heterocycles. The number of carbonyl (C=O) groups excluding carboxylic acids is 2. The van der Waals surface area contributed by atoms with Crippen LogP contribution in [0.5, 0.6) is 0 Å². The van der Waals surface area contributed by atoms with Gasteiger partial charge in [0.15, 0.2) is 6.61 Å². The van der Waals surface area contributed by atoms with Crippen LogP contribution in [0.25, 0.3) is 0 Å². The average molecular weight is 388 g/mol. The first-order valence-corrected chi connectivity index (χ1v) is 9.93. The molecule has 1 unspecified atom stereocenters. The number of esters is 1. The second kappa shape index (κ2) is 7.13. The first-order valence-electron chi connectivity index (χ1n) is 8.39. The Kier molecular flexibility index (Phi) is 5.03. The largest absolute Gasteiger partial charge is 0.452 e. The third-order valence-electron chi connectivity index (χ3n) is 4.56. The normalized spacial score (nSPS) is 16.1. The first kappa shape index (κ1) is 19.1. The van der Waals surface area contributed by atoms with Gasteiger partial charge < -0.3 is 9.64 Å². The number of amides is 1. The summed E-state index contributed by atoms with van der Waals surface area (Å²) < 4.78 is 28.2. The number of primary sulfonamides is 1. The molecule has 2 N–H and O–H groups in total. The minimum atomic E-state index is -3.81. The molecular formula is C19H20N2O5S. The molecule has 1 aliphatic rings. The molecule has 1 amide bonds. The highest BCUT2D eigenvalue weighted by Gasteiger charge is 2.32. The van der Waals surface area contributed by atoms with Crippen molar-refractivity contribution in [3.63, 3.8) is 0 Å². The van der Waals surface area contributed by atoms with Gasteiger partial charge in [0.25, 0.3) is 5.91 Å². The van der Waals surface area contributed by atoms with E-state index in [1.165, 1.54) is 17.0 Å². The quantitative estimate of drug-likeness (QED) is 0.804. The summed E-state index contributed by atoms with van der Waals surface area (Å²) in [6.45, 7) is 3.24. The van der Waals surface area contributed by atoms with E-state index in [1.54, 1.807) is 31.2 Å². The molecule has 7 nitrogen and oxygen atoms in total. The minimum Gasteiger partial charge on any atom is -0.452 e. The van der Waals surface area contributed by atoms with Crippen molar-refractivity contribution in [1.82, 2.24) is 0 Å². The molecule has 27 heavy (non-hydrogen) atoms. The number of nitrogens with zero attached hydrogens (tertiary/aromatic N) is 1. The molecule has 2 aromatic carbocycles. The number of benzene rings is 2. The van der Waals surface area contributed by atoms with E-state index in [9.17, 15) is 18.0 Å². The molecule has 8 heteroatoms. The molecule has 1 aliphatic heterocycles. The summed E-state index contributed by atoms with van der Waals surface area (Å²) in [6, 6.07) is 11.2. The number of sulfonamides is 1. The van der Waals surface area contributed by atoms with Crippen molar-refractivity contribution in [3.05, 3.63) is 59.2 Å². The number of carbonyl (C=O) groups is 2. The number of aryl methyl sites for hydroxylation is 1. The number of nitrogens with two attached hydrogens (primary N) is 1. The zero-order valence-electron chi connectivity index (χ0n) is 15.0. The highest BCUT2D eigenvalue weighted by molar-refractivity contribution is 7.89. The number of fused-ring (bicyclic) bond motifs is 1. The fraction of sp³-hybridized carbons (Fsp3) is 0.263. The Morgan fingerprint density at radius 3 is 2.59 bits per heavy atom. The molecule has 0 saturated carbocycles. The highest BCUT2D eigenvalue weighted by Crippen LogP contribution is 2.33. The average Bonchev–Trinajstić information content (AvgIpc) is 2.94. The van der Waals surface area contributed by atoms with Crippen molar-refractivity contribution < 1.29 is 22.7 Å². The van der Waals surface area contributed by atoms with Gasteiger partial charge in [0, 0.05) is 11.7 Å². The van der Waals surface area contributed by atoms with Gasteiger partial charge in [0.05, 0.1) is 10.5 Å². The Balaban J connectivity index is 1.75. The van der Waals surface area contributed by atoms with Crippen LogP contribution in [0.15, 0.2) is 47.4 Å². The Morgan fingerprint density at radius 1 is 1.22 bits per heavy atom. The number of ether oxygens (including phenoxy) is 1. The second-order valence-electron chi connectivity index (χ2n) is 6.54. The van der Waals surface area contributed by atoms with Crippen molar-refractivity contribution in [2.75, 3.05) is 11.5 Å². The molecule has 142 valence electrons. The van der Waals surface area contributed by atoms with Crippen LogP contribution in [0.3, 0.4) is 0 Å². The lowest BCUT2D eigenvalue weighted by Crippen LogP contribution is -2.38. The van der Waals surface area contributed by atoms with Gasteiger partial charge in [-0.3, -0.25) is 4.79 Å². The summed E-state index contributed by atoms with van der Waals surface area (Å²) in [6.07, 6.45) is 0.496. The van der Waals surface area contributed by atoms with Crippen LogP contribution in [0.2, 0.25) is 0 Å². The zero-order chi connectivity index (χ0) is 19.8. The first-order chi connectivity index (χ1) is 12.7. The second-order valence-corrected chi connectivity index (χ2v) is 8.10. The van der Waals surface area contributed by atoms with E-state index < -0.39 is 22.6 Å². The van der Waals surface area contributed by atoms with Gasteiger partial charge in [-0.15, -0.1) is 0 Å². The van der Waals surface area contributed by atoms with E-state index in [1.807, 2.05) is 13.0 Å². The van der Waals surface area contributed by atoms with Crippen molar-refractivity contribution in [2.24, 2.45) is 5.14 Å². The van der Waals surface area contributed by atoms with E-state index in [4.69, 9.17) is 9.88 Å². The van der Waals surface area contributed by atoms with E-state index in [0.29, 0.717) is 23.2 Å². The van der Waals surface area contributed by atoms with Crippen molar-refractivity contribution in [1.29, 1.82) is 0 Å². The van der Waals surface area contributed by atoms with Crippen molar-refractivity contribution >= 4 is 27.6 Å². The van der Waals surface area contributed by atoms with E-state index in [0.717, 1.165) is 5.56 Å². The number of hydrogen-bond donors (Lipinski definition) is 1. The van der Waals surface area contributed by atoms with Gasteiger partial charge >= 0.3 is 5.97 Å². The summed E-state index contributed by atoms with van der Waals surface area (Å²) >= 11 is 0. The number of rotatable bonds is 4.